The Hall–Kier alpha value is -2.37. The van der Waals surface area contributed by atoms with Crippen LogP contribution in [0.3, 0.4) is 0 Å². The van der Waals surface area contributed by atoms with Gasteiger partial charge in [-0.3, -0.25) is 4.68 Å². The van der Waals surface area contributed by atoms with E-state index in [0.29, 0.717) is 11.4 Å². The molecular weight excluding hydrogens is 270 g/mol. The number of carbonyl (C=O) groups is 1. The highest BCUT2D eigenvalue weighted by atomic mass is 16.5. The van der Waals surface area contributed by atoms with Gasteiger partial charge in [0.25, 0.3) is 0 Å². The van der Waals surface area contributed by atoms with Crippen molar-refractivity contribution in [2.24, 2.45) is 7.05 Å². The van der Waals surface area contributed by atoms with Gasteiger partial charge in [-0.15, -0.1) is 0 Å². The summed E-state index contributed by atoms with van der Waals surface area (Å²) < 4.78 is 12.4. The highest BCUT2D eigenvalue weighted by Gasteiger charge is 2.14. The van der Waals surface area contributed by atoms with Crippen LogP contribution < -0.4 is 4.74 Å². The van der Waals surface area contributed by atoms with Crippen molar-refractivity contribution in [2.75, 3.05) is 0 Å². The van der Waals surface area contributed by atoms with E-state index in [9.17, 15) is 4.79 Å². The molecule has 0 amide bonds. The summed E-state index contributed by atoms with van der Waals surface area (Å²) in [5.41, 5.74) is 0.904. The van der Waals surface area contributed by atoms with Crippen LogP contribution in [0.15, 0.2) is 30.7 Å². The number of esters is 1. The first-order valence-electron chi connectivity index (χ1n) is 6.63. The number of aromatic nitrogens is 3. The summed E-state index contributed by atoms with van der Waals surface area (Å²) in [4.78, 5) is 16.0. The van der Waals surface area contributed by atoms with Crippen LogP contribution in [0.25, 0.3) is 0 Å². The molecule has 0 aliphatic carbocycles. The van der Waals surface area contributed by atoms with Gasteiger partial charge in [-0.2, -0.15) is 5.10 Å². The number of pyridine rings is 1. The minimum atomic E-state index is -0.423. The van der Waals surface area contributed by atoms with Gasteiger partial charge in [-0.1, -0.05) is 0 Å². The second kappa shape index (κ2) is 5.95. The van der Waals surface area contributed by atoms with Crippen LogP contribution in [0.2, 0.25) is 0 Å². The molecule has 0 saturated heterocycles. The fourth-order valence-electron chi connectivity index (χ4n) is 1.65. The maximum absolute atomic E-state index is 11.9. The van der Waals surface area contributed by atoms with Gasteiger partial charge in [0.05, 0.1) is 11.8 Å². The van der Waals surface area contributed by atoms with Crippen LogP contribution in [0.1, 0.15) is 36.7 Å². The van der Waals surface area contributed by atoms with E-state index in [-0.39, 0.29) is 12.2 Å². The lowest BCUT2D eigenvalue weighted by atomic mass is 10.2. The van der Waals surface area contributed by atoms with E-state index in [2.05, 4.69) is 10.1 Å². The van der Waals surface area contributed by atoms with Crippen molar-refractivity contribution in [2.45, 2.75) is 33.0 Å². The third-order valence-electron chi connectivity index (χ3n) is 2.51. The number of nitrogens with zero attached hydrogens (tertiary/aromatic N) is 3. The summed E-state index contributed by atoms with van der Waals surface area (Å²) in [6, 6.07) is 3.30. The minimum Gasteiger partial charge on any atom is -0.472 e. The molecule has 21 heavy (non-hydrogen) atoms. The highest BCUT2D eigenvalue weighted by Crippen LogP contribution is 2.15. The van der Waals surface area contributed by atoms with Crippen LogP contribution in [0.4, 0.5) is 0 Å². The molecule has 2 aromatic rings. The SMILES string of the molecule is Cn1cc(COC(=O)c2ccc(OC(C)(C)C)nc2)cn1. The molecule has 0 fully saturated rings. The Bertz CT molecular complexity index is 612. The Balaban J connectivity index is 1.93. The largest absolute Gasteiger partial charge is 0.472 e. The monoisotopic (exact) mass is 289 g/mol. The zero-order valence-corrected chi connectivity index (χ0v) is 12.7. The predicted molar refractivity (Wildman–Crippen MR) is 76.9 cm³/mol. The lowest BCUT2D eigenvalue weighted by Crippen LogP contribution is -2.23. The molecule has 0 saturated carbocycles. The Labute approximate surface area is 123 Å². The van der Waals surface area contributed by atoms with E-state index in [0.717, 1.165) is 5.56 Å². The van der Waals surface area contributed by atoms with Gasteiger partial charge >= 0.3 is 5.97 Å². The summed E-state index contributed by atoms with van der Waals surface area (Å²) in [6.45, 7) is 5.99. The molecule has 0 bridgehead atoms. The first-order valence-corrected chi connectivity index (χ1v) is 6.63. The van der Waals surface area contributed by atoms with Crippen LogP contribution in [0.5, 0.6) is 5.88 Å². The van der Waals surface area contributed by atoms with Crippen LogP contribution in [0, 0.1) is 0 Å². The lowest BCUT2D eigenvalue weighted by Gasteiger charge is -2.20. The van der Waals surface area contributed by atoms with Gasteiger partial charge in [-0.05, 0) is 26.8 Å². The van der Waals surface area contributed by atoms with Crippen LogP contribution in [-0.4, -0.2) is 26.3 Å². The van der Waals surface area contributed by atoms with Crippen molar-refractivity contribution in [3.05, 3.63) is 41.9 Å². The first-order chi connectivity index (χ1) is 9.83. The smallest absolute Gasteiger partial charge is 0.340 e. The van der Waals surface area contributed by atoms with Crippen molar-refractivity contribution in [3.63, 3.8) is 0 Å². The van der Waals surface area contributed by atoms with E-state index in [4.69, 9.17) is 9.47 Å². The number of hydrogen-bond acceptors (Lipinski definition) is 5. The maximum atomic E-state index is 11.9. The molecule has 0 atom stereocenters. The van der Waals surface area contributed by atoms with Gasteiger partial charge in [0.1, 0.15) is 12.2 Å². The van der Waals surface area contributed by atoms with Crippen LogP contribution >= 0.6 is 0 Å². The third kappa shape index (κ3) is 4.59. The summed E-state index contributed by atoms with van der Waals surface area (Å²) >= 11 is 0. The summed E-state index contributed by atoms with van der Waals surface area (Å²) in [7, 11) is 1.81. The van der Waals surface area contributed by atoms with E-state index < -0.39 is 5.97 Å². The molecule has 0 unspecified atom stereocenters. The molecule has 0 aliphatic heterocycles. The second-order valence-electron chi connectivity index (χ2n) is 5.70. The van der Waals surface area contributed by atoms with E-state index in [1.807, 2.05) is 27.8 Å². The van der Waals surface area contributed by atoms with E-state index in [1.54, 1.807) is 29.2 Å². The van der Waals surface area contributed by atoms with Crippen LogP contribution in [-0.2, 0) is 18.4 Å². The summed E-state index contributed by atoms with van der Waals surface area (Å²) in [6.07, 6.45) is 4.91. The molecular formula is C15H19N3O3. The topological polar surface area (TPSA) is 66.2 Å². The van der Waals surface area contributed by atoms with Gasteiger partial charge in [0.2, 0.25) is 5.88 Å². The molecule has 0 radical (unpaired) electrons. The van der Waals surface area contributed by atoms with E-state index in [1.165, 1.54) is 6.20 Å². The molecule has 0 spiro atoms. The third-order valence-corrected chi connectivity index (χ3v) is 2.51. The Morgan fingerprint density at radius 3 is 2.57 bits per heavy atom. The molecule has 6 heteroatoms. The number of ether oxygens (including phenoxy) is 2. The number of rotatable bonds is 4. The molecule has 112 valence electrons. The van der Waals surface area contributed by atoms with Gasteiger partial charge < -0.3 is 9.47 Å². The highest BCUT2D eigenvalue weighted by molar-refractivity contribution is 5.89. The van der Waals surface area contributed by atoms with Crippen molar-refractivity contribution in [1.29, 1.82) is 0 Å². The van der Waals surface area contributed by atoms with Gasteiger partial charge in [-0.25, -0.2) is 9.78 Å². The fraction of sp³-hybridized carbons (Fsp3) is 0.400. The number of aryl methyl sites for hydroxylation is 1. The molecule has 6 nitrogen and oxygen atoms in total. The minimum absolute atomic E-state index is 0.187. The summed E-state index contributed by atoms with van der Waals surface area (Å²) in [5, 5.41) is 4.01. The van der Waals surface area contributed by atoms with Crippen molar-refractivity contribution < 1.29 is 14.3 Å². The van der Waals surface area contributed by atoms with Crippen molar-refractivity contribution in [1.82, 2.24) is 14.8 Å². The molecule has 2 rings (SSSR count). The predicted octanol–water partition coefficient (Wildman–Crippen LogP) is 2.35. The number of carbonyl (C=O) groups excluding carboxylic acids is 1. The zero-order chi connectivity index (χ0) is 15.5. The fourth-order valence-corrected chi connectivity index (χ4v) is 1.65. The maximum Gasteiger partial charge on any atom is 0.340 e. The Kier molecular flexibility index (Phi) is 4.26. The van der Waals surface area contributed by atoms with Gasteiger partial charge in [0.15, 0.2) is 0 Å². The Morgan fingerprint density at radius 2 is 2.05 bits per heavy atom. The summed E-state index contributed by atoms with van der Waals surface area (Å²) in [5.74, 6) is 0.0555. The lowest BCUT2D eigenvalue weighted by molar-refractivity contribution is 0.0472. The van der Waals surface area contributed by atoms with Crippen molar-refractivity contribution >= 4 is 5.97 Å². The quantitative estimate of drug-likeness (QED) is 0.808. The second-order valence-corrected chi connectivity index (χ2v) is 5.70. The number of hydrogen-bond donors (Lipinski definition) is 0. The molecule has 0 aromatic carbocycles. The first kappa shape index (κ1) is 15.0. The average molecular weight is 289 g/mol. The molecule has 0 N–H and O–H groups in total. The average Bonchev–Trinajstić information content (AvgIpc) is 2.81. The molecule has 2 heterocycles. The molecule has 0 aliphatic rings. The Morgan fingerprint density at radius 1 is 1.29 bits per heavy atom. The standard InChI is InChI=1S/C15H19N3O3/c1-15(2,3)21-13-6-5-12(8-16-13)14(19)20-10-11-7-17-18(4)9-11/h5-9H,10H2,1-4H3. The zero-order valence-electron chi connectivity index (χ0n) is 12.7. The van der Waals surface area contributed by atoms with Crippen molar-refractivity contribution in [3.8, 4) is 5.88 Å². The van der Waals surface area contributed by atoms with Gasteiger partial charge in [0, 0.05) is 31.1 Å². The normalized spacial score (nSPS) is 11.2. The van der Waals surface area contributed by atoms with E-state index >= 15 is 0 Å². The molecule has 2 aromatic heterocycles.